The van der Waals surface area contributed by atoms with E-state index in [9.17, 15) is 18.0 Å². The third-order valence-electron chi connectivity index (χ3n) is 3.18. The summed E-state index contributed by atoms with van der Waals surface area (Å²) < 4.78 is 43.9. The molecule has 2 heterocycles. The minimum Gasteiger partial charge on any atom is -0.464 e. The molecule has 1 aliphatic rings. The molecule has 1 saturated heterocycles. The number of pyridine rings is 1. The lowest BCUT2D eigenvalue weighted by atomic mass is 10.2. The normalized spacial score (nSPS) is 19.2. The number of rotatable bonds is 3. The molecule has 1 unspecified atom stereocenters. The monoisotopic (exact) mass is 288 g/mol. The van der Waals surface area contributed by atoms with E-state index in [0.717, 1.165) is 6.07 Å². The first-order valence-corrected chi connectivity index (χ1v) is 6.40. The Labute approximate surface area is 114 Å². The van der Waals surface area contributed by atoms with Gasteiger partial charge in [-0.1, -0.05) is 0 Å². The lowest BCUT2D eigenvalue weighted by molar-refractivity contribution is -0.145. The van der Waals surface area contributed by atoms with E-state index < -0.39 is 23.8 Å². The van der Waals surface area contributed by atoms with E-state index in [2.05, 4.69) is 4.98 Å². The van der Waals surface area contributed by atoms with Crippen LogP contribution in [0.4, 0.5) is 19.0 Å². The van der Waals surface area contributed by atoms with Crippen molar-refractivity contribution in [3.05, 3.63) is 23.9 Å². The highest BCUT2D eigenvalue weighted by Gasteiger charge is 2.40. The summed E-state index contributed by atoms with van der Waals surface area (Å²) in [5, 5.41) is 0. The van der Waals surface area contributed by atoms with Gasteiger partial charge in [-0.3, -0.25) is 0 Å². The van der Waals surface area contributed by atoms with E-state index in [1.54, 1.807) is 6.92 Å². The molecule has 110 valence electrons. The first-order chi connectivity index (χ1) is 9.45. The number of aromatic nitrogens is 1. The van der Waals surface area contributed by atoms with E-state index in [-0.39, 0.29) is 12.4 Å². The van der Waals surface area contributed by atoms with Crippen molar-refractivity contribution >= 4 is 11.8 Å². The molecule has 1 aliphatic heterocycles. The fourth-order valence-corrected chi connectivity index (χ4v) is 2.35. The minimum absolute atomic E-state index is 0.199. The Hall–Kier alpha value is -1.79. The topological polar surface area (TPSA) is 42.4 Å². The zero-order valence-electron chi connectivity index (χ0n) is 11.0. The molecule has 1 fully saturated rings. The van der Waals surface area contributed by atoms with Crippen molar-refractivity contribution in [1.29, 1.82) is 0 Å². The molecule has 2 rings (SSSR count). The molecule has 1 atom stereocenters. The molecule has 0 saturated carbocycles. The van der Waals surface area contributed by atoms with Gasteiger partial charge in [0.1, 0.15) is 11.9 Å². The maximum absolute atomic E-state index is 13.0. The lowest BCUT2D eigenvalue weighted by Crippen LogP contribution is -2.39. The van der Waals surface area contributed by atoms with E-state index >= 15 is 0 Å². The highest BCUT2D eigenvalue weighted by molar-refractivity contribution is 5.80. The highest BCUT2D eigenvalue weighted by atomic mass is 19.4. The number of hydrogen-bond acceptors (Lipinski definition) is 4. The van der Waals surface area contributed by atoms with Gasteiger partial charge in [0.05, 0.1) is 12.2 Å². The number of anilines is 1. The predicted molar refractivity (Wildman–Crippen MR) is 66.2 cm³/mol. The summed E-state index contributed by atoms with van der Waals surface area (Å²) in [6, 6.07) is 1.52. The highest BCUT2D eigenvalue weighted by Crippen LogP contribution is 2.37. The number of carbonyl (C=O) groups excluding carboxylic acids is 1. The largest absolute Gasteiger partial charge is 0.464 e. The second-order valence-corrected chi connectivity index (χ2v) is 4.48. The predicted octanol–water partition coefficient (Wildman–Crippen LogP) is 2.63. The lowest BCUT2D eigenvalue weighted by Gasteiger charge is -2.26. The first-order valence-electron chi connectivity index (χ1n) is 6.40. The molecule has 0 bridgehead atoms. The van der Waals surface area contributed by atoms with Crippen LogP contribution in [0.2, 0.25) is 0 Å². The van der Waals surface area contributed by atoms with Crippen LogP contribution in [0.3, 0.4) is 0 Å². The molecule has 0 radical (unpaired) electrons. The number of alkyl halides is 3. The minimum atomic E-state index is -4.49. The molecule has 7 heteroatoms. The van der Waals surface area contributed by atoms with Gasteiger partial charge in [0.2, 0.25) is 0 Å². The molecular weight excluding hydrogens is 273 g/mol. The molecule has 0 aromatic carbocycles. The summed E-state index contributed by atoms with van der Waals surface area (Å²) in [6.07, 6.45) is -2.08. The van der Waals surface area contributed by atoms with E-state index in [0.29, 0.717) is 19.4 Å². The van der Waals surface area contributed by atoms with Crippen molar-refractivity contribution in [3.63, 3.8) is 0 Å². The van der Waals surface area contributed by atoms with Crippen LogP contribution in [0.25, 0.3) is 0 Å². The van der Waals surface area contributed by atoms with Crippen molar-refractivity contribution < 1.29 is 22.7 Å². The van der Waals surface area contributed by atoms with Crippen molar-refractivity contribution in [1.82, 2.24) is 4.98 Å². The maximum Gasteiger partial charge on any atom is 0.419 e. The van der Waals surface area contributed by atoms with Crippen LogP contribution in [0.1, 0.15) is 25.3 Å². The van der Waals surface area contributed by atoms with Crippen molar-refractivity contribution in [2.45, 2.75) is 32.0 Å². The smallest absolute Gasteiger partial charge is 0.419 e. The molecule has 0 aliphatic carbocycles. The number of esters is 1. The van der Waals surface area contributed by atoms with Crippen LogP contribution in [-0.2, 0) is 15.7 Å². The van der Waals surface area contributed by atoms with Crippen LogP contribution >= 0.6 is 0 Å². The molecular formula is C13H15F3N2O2. The number of halogens is 3. The number of ether oxygens (including phenoxy) is 1. The Bertz CT molecular complexity index is 491. The number of hydrogen-bond donors (Lipinski definition) is 0. The van der Waals surface area contributed by atoms with E-state index in [4.69, 9.17) is 4.74 Å². The second-order valence-electron chi connectivity index (χ2n) is 4.48. The number of nitrogens with zero attached hydrogens (tertiary/aromatic N) is 2. The fraction of sp³-hybridized carbons (Fsp3) is 0.538. The van der Waals surface area contributed by atoms with Crippen molar-refractivity contribution in [2.75, 3.05) is 18.1 Å². The Morgan fingerprint density at radius 2 is 2.30 bits per heavy atom. The third-order valence-corrected chi connectivity index (χ3v) is 3.18. The summed E-state index contributed by atoms with van der Waals surface area (Å²) in [5.74, 6) is -0.695. The van der Waals surface area contributed by atoms with E-state index in [1.165, 1.54) is 17.2 Å². The van der Waals surface area contributed by atoms with Gasteiger partial charge in [0.15, 0.2) is 0 Å². The molecule has 1 aromatic heterocycles. The van der Waals surface area contributed by atoms with Crippen LogP contribution in [0.5, 0.6) is 0 Å². The summed E-state index contributed by atoms with van der Waals surface area (Å²) in [5.41, 5.74) is -0.823. The van der Waals surface area contributed by atoms with Crippen LogP contribution in [0.15, 0.2) is 18.3 Å². The van der Waals surface area contributed by atoms with Crippen LogP contribution in [0, 0.1) is 0 Å². The summed E-state index contributed by atoms with van der Waals surface area (Å²) in [7, 11) is 0. The van der Waals surface area contributed by atoms with Gasteiger partial charge in [-0.25, -0.2) is 9.78 Å². The Morgan fingerprint density at radius 3 is 2.95 bits per heavy atom. The molecule has 4 nitrogen and oxygen atoms in total. The van der Waals surface area contributed by atoms with Gasteiger partial charge in [-0.05, 0) is 31.9 Å². The third kappa shape index (κ3) is 2.86. The van der Waals surface area contributed by atoms with Gasteiger partial charge in [-0.2, -0.15) is 13.2 Å². The molecule has 0 spiro atoms. The van der Waals surface area contributed by atoms with Gasteiger partial charge in [-0.15, -0.1) is 0 Å². The summed E-state index contributed by atoms with van der Waals surface area (Å²) in [6.45, 7) is 2.24. The molecule has 20 heavy (non-hydrogen) atoms. The number of carbonyl (C=O) groups is 1. The van der Waals surface area contributed by atoms with Crippen LogP contribution < -0.4 is 4.90 Å². The fourth-order valence-electron chi connectivity index (χ4n) is 2.35. The van der Waals surface area contributed by atoms with Crippen LogP contribution in [-0.4, -0.2) is 30.1 Å². The van der Waals surface area contributed by atoms with Gasteiger partial charge in [0, 0.05) is 12.7 Å². The Balaban J connectivity index is 2.33. The SMILES string of the molecule is CCOC(=O)C1CCCN1c1ncccc1C(F)(F)F. The zero-order chi connectivity index (χ0) is 14.8. The standard InChI is InChI=1S/C13H15F3N2O2/c1-2-20-12(19)10-6-4-8-18(10)11-9(13(14,15)16)5-3-7-17-11/h3,5,7,10H,2,4,6,8H2,1H3. The van der Waals surface area contributed by atoms with Crippen molar-refractivity contribution in [2.24, 2.45) is 0 Å². The Kier molecular flexibility index (Phi) is 4.15. The quantitative estimate of drug-likeness (QED) is 0.802. The van der Waals surface area contributed by atoms with Crippen molar-refractivity contribution in [3.8, 4) is 0 Å². The molecule has 0 amide bonds. The maximum atomic E-state index is 13.0. The molecule has 1 aromatic rings. The van der Waals surface area contributed by atoms with Gasteiger partial charge < -0.3 is 9.64 Å². The summed E-state index contributed by atoms with van der Waals surface area (Å²) >= 11 is 0. The second kappa shape index (κ2) is 5.68. The summed E-state index contributed by atoms with van der Waals surface area (Å²) in [4.78, 5) is 17.0. The molecule has 0 N–H and O–H groups in total. The first kappa shape index (κ1) is 14.6. The average Bonchev–Trinajstić information content (AvgIpc) is 2.87. The Morgan fingerprint density at radius 1 is 1.55 bits per heavy atom. The average molecular weight is 288 g/mol. The van der Waals surface area contributed by atoms with Gasteiger partial charge in [0.25, 0.3) is 0 Å². The van der Waals surface area contributed by atoms with Gasteiger partial charge >= 0.3 is 12.1 Å². The van der Waals surface area contributed by atoms with E-state index in [1.807, 2.05) is 0 Å². The zero-order valence-corrected chi connectivity index (χ0v) is 11.0.